The quantitative estimate of drug-likeness (QED) is 0.672. The molecular formula is C18H16N2O5. The maximum atomic E-state index is 12.1. The van der Waals surface area contributed by atoms with E-state index in [2.05, 4.69) is 10.3 Å². The molecule has 2 N–H and O–H groups in total. The van der Waals surface area contributed by atoms with Crippen LogP contribution in [0, 0.1) is 0 Å². The molecule has 0 fully saturated rings. The Kier molecular flexibility index (Phi) is 4.65. The molecule has 25 heavy (non-hydrogen) atoms. The number of rotatable bonds is 6. The Morgan fingerprint density at radius 1 is 1.12 bits per heavy atom. The molecule has 0 aliphatic heterocycles. The van der Waals surface area contributed by atoms with Gasteiger partial charge in [0.05, 0.1) is 12.6 Å². The Hall–Kier alpha value is -3.35. The number of H-pyrrole nitrogens is 1. The molecule has 7 nitrogen and oxygen atoms in total. The van der Waals surface area contributed by atoms with Gasteiger partial charge < -0.3 is 14.5 Å². The highest BCUT2D eigenvalue weighted by Gasteiger charge is 2.11. The minimum atomic E-state index is -0.552. The average Bonchev–Trinajstić information content (AvgIpc) is 2.99. The van der Waals surface area contributed by atoms with E-state index in [9.17, 15) is 14.4 Å². The highest BCUT2D eigenvalue weighted by molar-refractivity contribution is 6.00. The molecule has 1 amide bonds. The van der Waals surface area contributed by atoms with Gasteiger partial charge in [-0.3, -0.25) is 14.6 Å². The number of amides is 1. The van der Waals surface area contributed by atoms with Gasteiger partial charge in [0.2, 0.25) is 5.91 Å². The van der Waals surface area contributed by atoms with E-state index in [0.717, 1.165) is 0 Å². The van der Waals surface area contributed by atoms with E-state index >= 15 is 0 Å². The van der Waals surface area contributed by atoms with E-state index in [1.165, 1.54) is 0 Å². The normalized spacial score (nSPS) is 10.6. The number of nitrogens with one attached hydrogen (secondary N) is 2. The first-order valence-electron chi connectivity index (χ1n) is 7.65. The molecule has 2 aromatic carbocycles. The van der Waals surface area contributed by atoms with E-state index in [4.69, 9.17) is 9.15 Å². The molecule has 3 aromatic rings. The SMILES string of the molecule is COc1ccc(C(=O)CCC(=O)Nc2ccc3[nH]c(=O)oc3c2)cc1. The molecule has 0 aliphatic rings. The van der Waals surface area contributed by atoms with Crippen LogP contribution < -0.4 is 15.8 Å². The summed E-state index contributed by atoms with van der Waals surface area (Å²) in [4.78, 5) is 37.7. The molecular weight excluding hydrogens is 324 g/mol. The summed E-state index contributed by atoms with van der Waals surface area (Å²) in [6.45, 7) is 0. The fourth-order valence-electron chi connectivity index (χ4n) is 2.39. The number of ketones is 1. The molecule has 1 aromatic heterocycles. The van der Waals surface area contributed by atoms with Gasteiger partial charge >= 0.3 is 5.76 Å². The van der Waals surface area contributed by atoms with Crippen LogP contribution in [-0.4, -0.2) is 23.8 Å². The van der Waals surface area contributed by atoms with Crippen molar-refractivity contribution in [3.63, 3.8) is 0 Å². The van der Waals surface area contributed by atoms with E-state index in [1.54, 1.807) is 49.6 Å². The zero-order valence-corrected chi connectivity index (χ0v) is 13.5. The van der Waals surface area contributed by atoms with Gasteiger partial charge in [0, 0.05) is 30.2 Å². The van der Waals surface area contributed by atoms with Crippen molar-refractivity contribution in [2.45, 2.75) is 12.8 Å². The lowest BCUT2D eigenvalue weighted by Gasteiger charge is -2.05. The van der Waals surface area contributed by atoms with Crippen LogP contribution in [0.5, 0.6) is 5.75 Å². The monoisotopic (exact) mass is 340 g/mol. The lowest BCUT2D eigenvalue weighted by Crippen LogP contribution is -2.13. The number of anilines is 1. The first-order valence-corrected chi connectivity index (χ1v) is 7.65. The fourth-order valence-corrected chi connectivity index (χ4v) is 2.39. The van der Waals surface area contributed by atoms with Crippen molar-refractivity contribution >= 4 is 28.5 Å². The number of aromatic nitrogens is 1. The minimum absolute atomic E-state index is 0.0555. The second-order valence-electron chi connectivity index (χ2n) is 5.43. The summed E-state index contributed by atoms with van der Waals surface area (Å²) in [6, 6.07) is 11.6. The first-order chi connectivity index (χ1) is 12.0. The summed E-state index contributed by atoms with van der Waals surface area (Å²) in [5.41, 5.74) is 1.94. The largest absolute Gasteiger partial charge is 0.497 e. The Balaban J connectivity index is 1.57. The molecule has 0 unspecified atom stereocenters. The van der Waals surface area contributed by atoms with Gasteiger partial charge in [-0.1, -0.05) is 0 Å². The predicted molar refractivity (Wildman–Crippen MR) is 92.0 cm³/mol. The zero-order chi connectivity index (χ0) is 17.8. The van der Waals surface area contributed by atoms with Crippen molar-refractivity contribution in [1.29, 1.82) is 0 Å². The molecule has 1 heterocycles. The Bertz CT molecular complexity index is 969. The van der Waals surface area contributed by atoms with Crippen LogP contribution in [0.25, 0.3) is 11.1 Å². The van der Waals surface area contributed by atoms with Crippen LogP contribution in [0.3, 0.4) is 0 Å². The van der Waals surface area contributed by atoms with Gasteiger partial charge in [0.1, 0.15) is 5.75 Å². The third-order valence-electron chi connectivity index (χ3n) is 3.70. The van der Waals surface area contributed by atoms with Gasteiger partial charge in [-0.25, -0.2) is 4.79 Å². The molecule has 0 saturated carbocycles. The van der Waals surface area contributed by atoms with Gasteiger partial charge in [-0.2, -0.15) is 0 Å². The second kappa shape index (κ2) is 7.04. The highest BCUT2D eigenvalue weighted by atomic mass is 16.5. The molecule has 128 valence electrons. The summed E-state index contributed by atoms with van der Waals surface area (Å²) in [6.07, 6.45) is 0.152. The Morgan fingerprint density at radius 2 is 1.88 bits per heavy atom. The summed E-state index contributed by atoms with van der Waals surface area (Å²) in [5.74, 6) is -0.298. The number of carbonyl (C=O) groups is 2. The predicted octanol–water partition coefficient (Wildman–Crippen LogP) is 2.73. The fraction of sp³-hybridized carbons (Fsp3) is 0.167. The Labute approximate surface area is 142 Å². The van der Waals surface area contributed by atoms with Crippen LogP contribution in [0.15, 0.2) is 51.7 Å². The van der Waals surface area contributed by atoms with Gasteiger partial charge in [0.25, 0.3) is 0 Å². The van der Waals surface area contributed by atoms with Crippen molar-refractivity contribution in [2.75, 3.05) is 12.4 Å². The third-order valence-corrected chi connectivity index (χ3v) is 3.70. The third kappa shape index (κ3) is 3.95. The number of aromatic amines is 1. The lowest BCUT2D eigenvalue weighted by molar-refractivity contribution is -0.116. The van der Waals surface area contributed by atoms with Crippen molar-refractivity contribution < 1.29 is 18.7 Å². The van der Waals surface area contributed by atoms with E-state index in [-0.39, 0.29) is 24.5 Å². The van der Waals surface area contributed by atoms with Crippen LogP contribution >= 0.6 is 0 Å². The molecule has 7 heteroatoms. The second-order valence-corrected chi connectivity index (χ2v) is 5.43. The summed E-state index contributed by atoms with van der Waals surface area (Å²) >= 11 is 0. The average molecular weight is 340 g/mol. The summed E-state index contributed by atoms with van der Waals surface area (Å²) < 4.78 is 9.98. The topological polar surface area (TPSA) is 101 Å². The van der Waals surface area contributed by atoms with E-state index in [1.807, 2.05) is 0 Å². The number of Topliss-reactive ketones (excluding diaryl/α,β-unsaturated/α-hetero) is 1. The number of fused-ring (bicyclic) bond motifs is 1. The standard InChI is InChI=1S/C18H16N2O5/c1-24-13-5-2-11(3-6-13)15(21)8-9-17(22)19-12-4-7-14-16(10-12)25-18(23)20-14/h2-7,10H,8-9H2,1H3,(H,19,22)(H,20,23). The number of hydrogen-bond donors (Lipinski definition) is 2. The van der Waals surface area contributed by atoms with Crippen molar-refractivity contribution in [3.05, 3.63) is 58.6 Å². The van der Waals surface area contributed by atoms with E-state index < -0.39 is 5.76 Å². The molecule has 0 bridgehead atoms. The summed E-state index contributed by atoms with van der Waals surface area (Å²) in [7, 11) is 1.55. The van der Waals surface area contributed by atoms with Crippen LogP contribution in [0.4, 0.5) is 5.69 Å². The highest BCUT2D eigenvalue weighted by Crippen LogP contribution is 2.17. The van der Waals surface area contributed by atoms with Crippen molar-refractivity contribution in [1.82, 2.24) is 4.98 Å². The number of benzene rings is 2. The summed E-state index contributed by atoms with van der Waals surface area (Å²) in [5, 5.41) is 2.68. The van der Waals surface area contributed by atoms with Crippen LogP contribution in [-0.2, 0) is 4.79 Å². The van der Waals surface area contributed by atoms with Crippen molar-refractivity contribution in [2.24, 2.45) is 0 Å². The molecule has 0 spiro atoms. The lowest BCUT2D eigenvalue weighted by atomic mass is 10.1. The molecule has 3 rings (SSSR count). The number of hydrogen-bond acceptors (Lipinski definition) is 5. The maximum Gasteiger partial charge on any atom is 0.417 e. The molecule has 0 radical (unpaired) electrons. The number of ether oxygens (including phenoxy) is 1. The molecule has 0 aliphatic carbocycles. The first kappa shape index (κ1) is 16.5. The minimum Gasteiger partial charge on any atom is -0.497 e. The van der Waals surface area contributed by atoms with Crippen LogP contribution in [0.2, 0.25) is 0 Å². The Morgan fingerprint density at radius 3 is 2.60 bits per heavy atom. The maximum absolute atomic E-state index is 12.1. The van der Waals surface area contributed by atoms with Crippen molar-refractivity contribution in [3.8, 4) is 5.75 Å². The number of oxazole rings is 1. The van der Waals surface area contributed by atoms with Crippen LogP contribution in [0.1, 0.15) is 23.2 Å². The number of methoxy groups -OCH3 is 1. The smallest absolute Gasteiger partial charge is 0.417 e. The number of carbonyl (C=O) groups excluding carboxylic acids is 2. The van der Waals surface area contributed by atoms with Gasteiger partial charge in [-0.05, 0) is 36.4 Å². The molecule has 0 saturated heterocycles. The van der Waals surface area contributed by atoms with Gasteiger partial charge in [0.15, 0.2) is 11.4 Å². The molecule has 0 atom stereocenters. The zero-order valence-electron chi connectivity index (χ0n) is 13.5. The van der Waals surface area contributed by atoms with Gasteiger partial charge in [-0.15, -0.1) is 0 Å². The van der Waals surface area contributed by atoms with E-state index in [0.29, 0.717) is 28.1 Å².